The zero-order valence-corrected chi connectivity index (χ0v) is 17.0. The second kappa shape index (κ2) is 7.25. The van der Waals surface area contributed by atoms with Gasteiger partial charge in [0.2, 0.25) is 0 Å². The second-order valence-corrected chi connectivity index (χ2v) is 9.48. The molecule has 2 heterocycles. The van der Waals surface area contributed by atoms with Crippen molar-refractivity contribution in [3.63, 3.8) is 0 Å². The predicted octanol–water partition coefficient (Wildman–Crippen LogP) is 0.626. The van der Waals surface area contributed by atoms with Crippen LogP contribution in [0.5, 0.6) is 0 Å². The van der Waals surface area contributed by atoms with Gasteiger partial charge in [-0.05, 0) is 63.2 Å². The molecule has 4 bridgehead atoms. The minimum absolute atomic E-state index is 0.0468. The number of aliphatic hydroxyl groups is 1. The van der Waals surface area contributed by atoms with Gasteiger partial charge in [-0.25, -0.2) is 4.99 Å². The number of allylic oxidation sites excluding steroid dienone is 1. The van der Waals surface area contributed by atoms with Gasteiger partial charge in [-0.15, -0.1) is 0 Å². The van der Waals surface area contributed by atoms with Crippen LogP contribution in [-0.4, -0.2) is 60.5 Å². The molecular formula is C21H32N4O4. The molecule has 1 saturated heterocycles. The Hall–Kier alpha value is -1.64. The molecule has 4 N–H and O–H groups in total. The number of ether oxygens (including phenoxy) is 2. The van der Waals surface area contributed by atoms with Crippen molar-refractivity contribution < 1.29 is 19.4 Å². The van der Waals surface area contributed by atoms with Crippen molar-refractivity contribution in [1.82, 2.24) is 16.0 Å². The summed E-state index contributed by atoms with van der Waals surface area (Å²) in [7, 11) is 0. The number of aliphatic imine (C=N–C) groups is 1. The summed E-state index contributed by atoms with van der Waals surface area (Å²) in [5, 5.41) is 20.7. The van der Waals surface area contributed by atoms with Crippen LogP contribution in [-0.2, 0) is 14.3 Å². The number of nitrogens with one attached hydrogen (secondary N) is 3. The number of hydrogen-bond acceptors (Lipinski definition) is 7. The van der Waals surface area contributed by atoms with Gasteiger partial charge in [0.1, 0.15) is 0 Å². The second-order valence-electron chi connectivity index (χ2n) is 9.48. The maximum absolute atomic E-state index is 13.6. The van der Waals surface area contributed by atoms with Crippen LogP contribution in [0.25, 0.3) is 0 Å². The smallest absolute Gasteiger partial charge is 0.285 e. The fourth-order valence-electron chi connectivity index (χ4n) is 6.38. The first-order chi connectivity index (χ1) is 14.0. The van der Waals surface area contributed by atoms with Crippen molar-refractivity contribution in [2.24, 2.45) is 22.7 Å². The largest absolute Gasteiger partial charge is 0.479 e. The van der Waals surface area contributed by atoms with Gasteiger partial charge in [0.25, 0.3) is 11.7 Å². The van der Waals surface area contributed by atoms with E-state index in [9.17, 15) is 9.90 Å². The van der Waals surface area contributed by atoms with Crippen molar-refractivity contribution in [2.45, 2.75) is 68.9 Å². The lowest BCUT2D eigenvalue weighted by Gasteiger charge is -2.58. The molecular weight excluding hydrogens is 372 g/mol. The Bertz CT molecular complexity index is 703. The van der Waals surface area contributed by atoms with Gasteiger partial charge in [0.05, 0.1) is 18.8 Å². The molecule has 5 fully saturated rings. The molecule has 6 aliphatic rings. The Kier molecular flexibility index (Phi) is 4.83. The summed E-state index contributed by atoms with van der Waals surface area (Å²) in [5.74, 6) is 0.335. The van der Waals surface area contributed by atoms with Gasteiger partial charge in [-0.1, -0.05) is 0 Å². The number of rotatable bonds is 6. The first-order valence-electron chi connectivity index (χ1n) is 11.0. The summed E-state index contributed by atoms with van der Waals surface area (Å²) in [6, 6.07) is 0.141. The van der Waals surface area contributed by atoms with Crippen LogP contribution in [0, 0.1) is 17.8 Å². The highest BCUT2D eigenvalue weighted by Gasteiger charge is 2.56. The van der Waals surface area contributed by atoms with Gasteiger partial charge in [-0.3, -0.25) is 10.1 Å². The van der Waals surface area contributed by atoms with Gasteiger partial charge < -0.3 is 25.2 Å². The molecule has 4 aliphatic carbocycles. The standard InChI is InChI=1S/C21H32N4O4/c1-2-29-17-3-5-22-21(25-17,24-16-4-6-28-12-16)19(26)23-18-14-7-13-8-15(18)11-20(27,9-13)10-14/h3,5,13-16,18,24-25,27H,2,4,6-12H2,1H3,(H,23,26)/t13?,14?,15?,16-,18?,20?,21?/m1/s1. The molecule has 6 rings (SSSR count). The van der Waals surface area contributed by atoms with Crippen LogP contribution in [0.2, 0.25) is 0 Å². The molecule has 0 spiro atoms. The molecule has 2 aliphatic heterocycles. The summed E-state index contributed by atoms with van der Waals surface area (Å²) < 4.78 is 11.1. The Morgan fingerprint density at radius 2 is 2.17 bits per heavy atom. The van der Waals surface area contributed by atoms with Gasteiger partial charge in [-0.2, -0.15) is 0 Å². The van der Waals surface area contributed by atoms with Gasteiger partial charge in [0.15, 0.2) is 5.88 Å². The fraction of sp³-hybridized carbons (Fsp3) is 0.810. The summed E-state index contributed by atoms with van der Waals surface area (Å²) in [5.41, 5.74) is -0.513. The van der Waals surface area contributed by atoms with E-state index in [0.717, 1.165) is 38.5 Å². The van der Waals surface area contributed by atoms with Crippen LogP contribution in [0.1, 0.15) is 45.4 Å². The molecule has 1 amide bonds. The van der Waals surface area contributed by atoms with E-state index >= 15 is 0 Å². The summed E-state index contributed by atoms with van der Waals surface area (Å²) in [6.45, 7) is 3.65. The summed E-state index contributed by atoms with van der Waals surface area (Å²) in [6.07, 6.45) is 8.92. The van der Waals surface area contributed by atoms with Crippen LogP contribution in [0.3, 0.4) is 0 Å². The fourth-order valence-corrected chi connectivity index (χ4v) is 6.38. The number of carbonyl (C=O) groups is 1. The highest BCUT2D eigenvalue weighted by atomic mass is 16.5. The summed E-state index contributed by atoms with van der Waals surface area (Å²) >= 11 is 0. The molecule has 8 nitrogen and oxygen atoms in total. The quantitative estimate of drug-likeness (QED) is 0.518. The lowest BCUT2D eigenvalue weighted by Crippen LogP contribution is -2.71. The zero-order valence-electron chi connectivity index (χ0n) is 17.0. The lowest BCUT2D eigenvalue weighted by molar-refractivity contribution is -0.150. The van der Waals surface area contributed by atoms with Gasteiger partial charge in [0, 0.05) is 31.0 Å². The molecule has 0 aromatic rings. The minimum Gasteiger partial charge on any atom is -0.479 e. The van der Waals surface area contributed by atoms with E-state index in [4.69, 9.17) is 9.47 Å². The SMILES string of the molecule is CCOC1=CC=NC(N[C@@H]2CCOC2)(C(=O)NC2C3CC4CC2CC(O)(C4)C3)N1. The Morgan fingerprint density at radius 1 is 1.38 bits per heavy atom. The normalized spacial score (nSPS) is 45.0. The number of hydrogen-bond donors (Lipinski definition) is 4. The molecule has 29 heavy (non-hydrogen) atoms. The van der Waals surface area contributed by atoms with Crippen LogP contribution in [0.4, 0.5) is 0 Å². The first-order valence-corrected chi connectivity index (χ1v) is 11.0. The van der Waals surface area contributed by atoms with E-state index in [-0.39, 0.29) is 18.0 Å². The monoisotopic (exact) mass is 404 g/mol. The molecule has 0 radical (unpaired) electrons. The molecule has 4 atom stereocenters. The Morgan fingerprint density at radius 3 is 2.83 bits per heavy atom. The maximum atomic E-state index is 13.6. The third kappa shape index (κ3) is 3.55. The number of amides is 1. The molecule has 3 unspecified atom stereocenters. The van der Waals surface area contributed by atoms with E-state index in [2.05, 4.69) is 20.9 Å². The molecule has 0 aromatic heterocycles. The third-order valence-corrected chi connectivity index (χ3v) is 7.31. The van der Waals surface area contributed by atoms with Crippen molar-refractivity contribution in [1.29, 1.82) is 0 Å². The molecule has 8 heteroatoms. The summed E-state index contributed by atoms with van der Waals surface area (Å²) in [4.78, 5) is 18.1. The van der Waals surface area contributed by atoms with E-state index in [1.807, 2.05) is 6.92 Å². The van der Waals surface area contributed by atoms with Crippen molar-refractivity contribution in [3.8, 4) is 0 Å². The third-order valence-electron chi connectivity index (χ3n) is 7.31. The van der Waals surface area contributed by atoms with Crippen molar-refractivity contribution in [2.75, 3.05) is 19.8 Å². The lowest BCUT2D eigenvalue weighted by atomic mass is 9.52. The van der Waals surface area contributed by atoms with E-state index in [1.165, 1.54) is 0 Å². The van der Waals surface area contributed by atoms with Crippen LogP contribution < -0.4 is 16.0 Å². The van der Waals surface area contributed by atoms with Crippen molar-refractivity contribution >= 4 is 12.1 Å². The molecule has 4 saturated carbocycles. The highest BCUT2D eigenvalue weighted by molar-refractivity contribution is 5.90. The average Bonchev–Trinajstić information content (AvgIpc) is 3.16. The first kappa shape index (κ1) is 19.3. The van der Waals surface area contributed by atoms with E-state index in [1.54, 1.807) is 12.3 Å². The molecule has 0 aromatic carbocycles. The van der Waals surface area contributed by atoms with E-state index in [0.29, 0.717) is 43.5 Å². The Labute approximate surface area is 171 Å². The topological polar surface area (TPSA) is 104 Å². The van der Waals surface area contributed by atoms with Crippen molar-refractivity contribution in [3.05, 3.63) is 12.0 Å². The highest BCUT2D eigenvalue weighted by Crippen LogP contribution is 2.55. The number of carbonyl (C=O) groups excluding carboxylic acids is 1. The average molecular weight is 405 g/mol. The Balaban J connectivity index is 1.35. The predicted molar refractivity (Wildman–Crippen MR) is 107 cm³/mol. The van der Waals surface area contributed by atoms with E-state index < -0.39 is 11.4 Å². The zero-order chi connectivity index (χ0) is 20.1. The van der Waals surface area contributed by atoms with Crippen LogP contribution >= 0.6 is 0 Å². The maximum Gasteiger partial charge on any atom is 0.285 e. The van der Waals surface area contributed by atoms with Gasteiger partial charge >= 0.3 is 0 Å². The minimum atomic E-state index is -1.30. The number of nitrogens with zero attached hydrogens (tertiary/aromatic N) is 1. The molecule has 160 valence electrons. The van der Waals surface area contributed by atoms with Crippen LogP contribution in [0.15, 0.2) is 17.0 Å².